The summed E-state index contributed by atoms with van der Waals surface area (Å²) in [5, 5.41) is 0.856. The molecule has 0 N–H and O–H groups in total. The van der Waals surface area contributed by atoms with E-state index in [4.69, 9.17) is 23.2 Å². The zero-order valence-corrected chi connectivity index (χ0v) is 11.9. The van der Waals surface area contributed by atoms with Crippen LogP contribution in [0, 0.1) is 0 Å². The molecule has 0 atom stereocenters. The highest BCUT2D eigenvalue weighted by atomic mass is 35.5. The van der Waals surface area contributed by atoms with Crippen molar-refractivity contribution in [2.75, 3.05) is 0 Å². The van der Waals surface area contributed by atoms with Gasteiger partial charge in [-0.25, -0.2) is 0 Å². The lowest BCUT2D eigenvalue weighted by Gasteiger charge is -2.06. The van der Waals surface area contributed by atoms with Crippen molar-refractivity contribution in [1.29, 1.82) is 0 Å². The highest BCUT2D eigenvalue weighted by molar-refractivity contribution is 6.39. The molecule has 1 nitrogen and oxygen atoms in total. The number of halogens is 2. The Morgan fingerprint density at radius 3 is 2.16 bits per heavy atom. The zero-order chi connectivity index (χ0) is 13.7. The van der Waals surface area contributed by atoms with Gasteiger partial charge in [-0.05, 0) is 30.5 Å². The normalized spacial score (nSPS) is 10.4. The molecule has 19 heavy (non-hydrogen) atoms. The van der Waals surface area contributed by atoms with E-state index in [-0.39, 0.29) is 5.78 Å². The quantitative estimate of drug-likeness (QED) is 0.692. The van der Waals surface area contributed by atoms with Gasteiger partial charge in [0.05, 0.1) is 15.6 Å². The lowest BCUT2D eigenvalue weighted by Crippen LogP contribution is -2.02. The topological polar surface area (TPSA) is 17.1 Å². The summed E-state index contributed by atoms with van der Waals surface area (Å²) >= 11 is 12.0. The van der Waals surface area contributed by atoms with Gasteiger partial charge in [0.15, 0.2) is 5.78 Å². The fourth-order valence-corrected chi connectivity index (χ4v) is 2.60. The Morgan fingerprint density at radius 1 is 0.895 bits per heavy atom. The van der Waals surface area contributed by atoms with Gasteiger partial charge < -0.3 is 0 Å². The minimum Gasteiger partial charge on any atom is -0.294 e. The van der Waals surface area contributed by atoms with E-state index in [1.165, 1.54) is 5.56 Å². The lowest BCUT2D eigenvalue weighted by molar-refractivity contribution is 0.0980. The number of hydrogen-bond acceptors (Lipinski definition) is 1. The molecule has 0 aliphatic rings. The highest BCUT2D eigenvalue weighted by Crippen LogP contribution is 2.26. The van der Waals surface area contributed by atoms with Crippen molar-refractivity contribution in [3.05, 3.63) is 69.7 Å². The Morgan fingerprint density at radius 2 is 1.53 bits per heavy atom. The van der Waals surface area contributed by atoms with Gasteiger partial charge in [0.1, 0.15) is 0 Å². The van der Waals surface area contributed by atoms with E-state index in [9.17, 15) is 4.79 Å². The molecule has 0 heterocycles. The van der Waals surface area contributed by atoms with E-state index < -0.39 is 0 Å². The molecule has 98 valence electrons. The van der Waals surface area contributed by atoms with Crippen LogP contribution in [0.3, 0.4) is 0 Å². The summed E-state index contributed by atoms with van der Waals surface area (Å²) in [7, 11) is 0. The van der Waals surface area contributed by atoms with Crippen molar-refractivity contribution in [1.82, 2.24) is 0 Å². The van der Waals surface area contributed by atoms with Crippen LogP contribution in [0.2, 0.25) is 10.0 Å². The third-order valence-electron chi connectivity index (χ3n) is 2.95. The molecule has 3 heteroatoms. The van der Waals surface area contributed by atoms with Crippen molar-refractivity contribution < 1.29 is 4.79 Å². The van der Waals surface area contributed by atoms with Gasteiger partial charge in [-0.1, -0.05) is 59.6 Å². The van der Waals surface area contributed by atoms with Gasteiger partial charge in [-0.15, -0.1) is 0 Å². The van der Waals surface area contributed by atoms with E-state index in [0.29, 0.717) is 22.0 Å². The number of Topliss-reactive ketones (excluding diaryl/α,β-unsaturated/α-hetero) is 1. The Balaban J connectivity index is 1.95. The van der Waals surface area contributed by atoms with Crippen LogP contribution in [0.1, 0.15) is 28.8 Å². The molecule has 0 aliphatic carbocycles. The standard InChI is InChI=1S/C16H14Cl2O/c17-13-9-5-10-14(18)16(13)15(19)11-4-8-12-6-2-1-3-7-12/h1-3,5-7,9-10H,4,8,11H2. The summed E-state index contributed by atoms with van der Waals surface area (Å²) in [5.41, 5.74) is 1.68. The fourth-order valence-electron chi connectivity index (χ4n) is 1.99. The van der Waals surface area contributed by atoms with Crippen molar-refractivity contribution in [2.24, 2.45) is 0 Å². The third kappa shape index (κ3) is 3.82. The molecule has 0 fully saturated rings. The molecule has 0 spiro atoms. The second kappa shape index (κ2) is 6.74. The summed E-state index contributed by atoms with van der Waals surface area (Å²) in [5.74, 6) is 0.00605. The molecule has 0 unspecified atom stereocenters. The molecular weight excluding hydrogens is 279 g/mol. The number of aryl methyl sites for hydroxylation is 1. The van der Waals surface area contributed by atoms with Crippen LogP contribution in [0.25, 0.3) is 0 Å². The molecule has 2 aromatic rings. The molecule has 0 bridgehead atoms. The predicted molar refractivity (Wildman–Crippen MR) is 80.2 cm³/mol. The maximum atomic E-state index is 12.1. The average molecular weight is 293 g/mol. The van der Waals surface area contributed by atoms with Crippen LogP contribution >= 0.6 is 23.2 Å². The van der Waals surface area contributed by atoms with Crippen LogP contribution in [0.5, 0.6) is 0 Å². The zero-order valence-electron chi connectivity index (χ0n) is 10.4. The van der Waals surface area contributed by atoms with Crippen molar-refractivity contribution >= 4 is 29.0 Å². The molecular formula is C16H14Cl2O. The molecule has 0 aromatic heterocycles. The number of ketones is 1. The fraction of sp³-hybridized carbons (Fsp3) is 0.188. The number of carbonyl (C=O) groups is 1. The number of carbonyl (C=O) groups excluding carboxylic acids is 1. The monoisotopic (exact) mass is 292 g/mol. The van der Waals surface area contributed by atoms with Crippen LogP contribution in [-0.2, 0) is 6.42 Å². The SMILES string of the molecule is O=C(CCCc1ccccc1)c1c(Cl)cccc1Cl. The highest BCUT2D eigenvalue weighted by Gasteiger charge is 2.13. The predicted octanol–water partition coefficient (Wildman–Crippen LogP) is 5.20. The molecule has 2 rings (SSSR count). The number of rotatable bonds is 5. The van der Waals surface area contributed by atoms with E-state index in [1.807, 2.05) is 18.2 Å². The molecule has 0 saturated heterocycles. The van der Waals surface area contributed by atoms with E-state index in [1.54, 1.807) is 18.2 Å². The Hall–Kier alpha value is -1.31. The summed E-state index contributed by atoms with van der Waals surface area (Å²) in [6.45, 7) is 0. The van der Waals surface area contributed by atoms with E-state index in [2.05, 4.69) is 12.1 Å². The Bertz CT molecular complexity index is 544. The van der Waals surface area contributed by atoms with Gasteiger partial charge in [0.25, 0.3) is 0 Å². The molecule has 0 aliphatic heterocycles. The van der Waals surface area contributed by atoms with Gasteiger partial charge in [0, 0.05) is 6.42 Å². The Labute approximate surface area is 123 Å². The van der Waals surface area contributed by atoms with Crippen LogP contribution in [-0.4, -0.2) is 5.78 Å². The van der Waals surface area contributed by atoms with Crippen LogP contribution in [0.4, 0.5) is 0 Å². The summed E-state index contributed by atoms with van der Waals surface area (Å²) < 4.78 is 0. The first-order valence-corrected chi connectivity index (χ1v) is 6.95. The summed E-state index contributed by atoms with van der Waals surface area (Å²) in [4.78, 5) is 12.1. The second-order valence-corrected chi connectivity index (χ2v) is 5.17. The van der Waals surface area contributed by atoms with Crippen molar-refractivity contribution in [3.8, 4) is 0 Å². The van der Waals surface area contributed by atoms with Gasteiger partial charge in [0.2, 0.25) is 0 Å². The average Bonchev–Trinajstić information content (AvgIpc) is 2.40. The minimum absolute atomic E-state index is 0.00605. The van der Waals surface area contributed by atoms with Crippen LogP contribution in [0.15, 0.2) is 48.5 Å². The smallest absolute Gasteiger partial charge is 0.165 e. The number of hydrogen-bond donors (Lipinski definition) is 0. The minimum atomic E-state index is 0.00605. The summed E-state index contributed by atoms with van der Waals surface area (Å²) in [6, 6.07) is 15.2. The van der Waals surface area contributed by atoms with E-state index >= 15 is 0 Å². The Kier molecular flexibility index (Phi) is 5.00. The van der Waals surface area contributed by atoms with Gasteiger partial charge in [-0.3, -0.25) is 4.79 Å². The molecule has 0 radical (unpaired) electrons. The first-order valence-electron chi connectivity index (χ1n) is 6.19. The largest absolute Gasteiger partial charge is 0.294 e. The maximum Gasteiger partial charge on any atom is 0.165 e. The molecule has 2 aromatic carbocycles. The lowest BCUT2D eigenvalue weighted by atomic mass is 10.0. The van der Waals surface area contributed by atoms with Crippen molar-refractivity contribution in [2.45, 2.75) is 19.3 Å². The van der Waals surface area contributed by atoms with Gasteiger partial charge >= 0.3 is 0 Å². The molecule has 0 saturated carbocycles. The van der Waals surface area contributed by atoms with Gasteiger partial charge in [-0.2, -0.15) is 0 Å². The third-order valence-corrected chi connectivity index (χ3v) is 3.58. The first kappa shape index (κ1) is 14.1. The summed E-state index contributed by atoms with van der Waals surface area (Å²) in [6.07, 6.45) is 2.14. The second-order valence-electron chi connectivity index (χ2n) is 4.36. The first-order chi connectivity index (χ1) is 9.18. The maximum absolute atomic E-state index is 12.1. The molecule has 0 amide bonds. The van der Waals surface area contributed by atoms with Crippen LogP contribution < -0.4 is 0 Å². The van der Waals surface area contributed by atoms with E-state index in [0.717, 1.165) is 12.8 Å². The van der Waals surface area contributed by atoms with Crippen molar-refractivity contribution in [3.63, 3.8) is 0 Å². The number of benzene rings is 2.